The molecule has 1 saturated heterocycles. The molecule has 0 aliphatic carbocycles. The molecule has 9 heteroatoms. The van der Waals surface area contributed by atoms with Gasteiger partial charge in [0.15, 0.2) is 0 Å². The number of aromatic nitrogens is 2. The third-order valence-electron chi connectivity index (χ3n) is 6.30. The standard InChI is InChI=1S/C27H25ClN4O3S/c1-18-16-20(32-14-3-2-4-15-36(32,34)35)8-9-21(18)27(33)30-19-7-10-23(28)22(17-19)24-11-12-25-26(31-24)6-5-13-29-25/h5-13,16-17H,2-4,14-15H2,1H3,(H,30,33). The van der Waals surface area contributed by atoms with E-state index in [1.807, 2.05) is 31.2 Å². The summed E-state index contributed by atoms with van der Waals surface area (Å²) in [6, 6.07) is 17.8. The average molecular weight is 521 g/mol. The summed E-state index contributed by atoms with van der Waals surface area (Å²) < 4.78 is 26.8. The fourth-order valence-electron chi connectivity index (χ4n) is 4.42. The van der Waals surface area contributed by atoms with Gasteiger partial charge < -0.3 is 5.32 Å². The quantitative estimate of drug-likeness (QED) is 0.365. The van der Waals surface area contributed by atoms with Crippen LogP contribution in [-0.2, 0) is 10.0 Å². The number of pyridine rings is 2. The maximum atomic E-state index is 13.1. The maximum absolute atomic E-state index is 13.1. The smallest absolute Gasteiger partial charge is 0.255 e. The van der Waals surface area contributed by atoms with E-state index in [4.69, 9.17) is 11.6 Å². The van der Waals surface area contributed by atoms with Gasteiger partial charge in [-0.05, 0) is 86.0 Å². The first-order valence-corrected chi connectivity index (χ1v) is 13.7. The molecule has 7 nitrogen and oxygen atoms in total. The molecule has 0 atom stereocenters. The van der Waals surface area contributed by atoms with Gasteiger partial charge in [0, 0.05) is 29.6 Å². The van der Waals surface area contributed by atoms with E-state index in [0.717, 1.165) is 23.9 Å². The zero-order valence-corrected chi connectivity index (χ0v) is 21.3. The predicted molar refractivity (Wildman–Crippen MR) is 144 cm³/mol. The Morgan fingerprint density at radius 3 is 2.69 bits per heavy atom. The van der Waals surface area contributed by atoms with Gasteiger partial charge in [-0.3, -0.25) is 14.1 Å². The number of halogens is 1. The van der Waals surface area contributed by atoms with Gasteiger partial charge in [0.05, 0.1) is 33.2 Å². The Labute approximate surface area is 215 Å². The fraction of sp³-hybridized carbons (Fsp3) is 0.222. The van der Waals surface area contributed by atoms with E-state index in [1.165, 1.54) is 4.31 Å². The minimum Gasteiger partial charge on any atom is -0.322 e. The van der Waals surface area contributed by atoms with E-state index < -0.39 is 10.0 Å². The Bertz CT molecular complexity index is 1570. The molecule has 1 fully saturated rings. The molecule has 3 heterocycles. The molecule has 1 aliphatic rings. The van der Waals surface area contributed by atoms with Crippen molar-refractivity contribution in [3.05, 3.63) is 83.0 Å². The van der Waals surface area contributed by atoms with E-state index in [0.29, 0.717) is 51.7 Å². The van der Waals surface area contributed by atoms with Crippen LogP contribution >= 0.6 is 11.6 Å². The van der Waals surface area contributed by atoms with Crippen LogP contribution in [0.5, 0.6) is 0 Å². The summed E-state index contributed by atoms with van der Waals surface area (Å²) >= 11 is 6.46. The van der Waals surface area contributed by atoms with Gasteiger partial charge in [0.2, 0.25) is 10.0 Å². The Morgan fingerprint density at radius 2 is 1.86 bits per heavy atom. The van der Waals surface area contributed by atoms with Gasteiger partial charge in [-0.25, -0.2) is 13.4 Å². The minimum atomic E-state index is -3.35. The van der Waals surface area contributed by atoms with E-state index in [9.17, 15) is 13.2 Å². The Balaban J connectivity index is 1.39. The summed E-state index contributed by atoms with van der Waals surface area (Å²) in [5.74, 6) is -0.142. The van der Waals surface area contributed by atoms with Crippen molar-refractivity contribution in [1.82, 2.24) is 9.97 Å². The van der Waals surface area contributed by atoms with Crippen LogP contribution in [0.3, 0.4) is 0 Å². The summed E-state index contributed by atoms with van der Waals surface area (Å²) in [4.78, 5) is 22.1. The van der Waals surface area contributed by atoms with E-state index in [-0.39, 0.29) is 11.7 Å². The molecule has 1 amide bonds. The van der Waals surface area contributed by atoms with Gasteiger partial charge in [0.25, 0.3) is 5.91 Å². The number of rotatable bonds is 4. The highest BCUT2D eigenvalue weighted by Gasteiger charge is 2.25. The van der Waals surface area contributed by atoms with E-state index >= 15 is 0 Å². The second-order valence-electron chi connectivity index (χ2n) is 8.83. The molecule has 2 aromatic carbocycles. The second-order valence-corrected chi connectivity index (χ2v) is 11.3. The van der Waals surface area contributed by atoms with Crippen LogP contribution in [0.2, 0.25) is 5.02 Å². The third kappa shape index (κ3) is 4.92. The lowest BCUT2D eigenvalue weighted by atomic mass is 10.1. The number of hydrogen-bond acceptors (Lipinski definition) is 5. The van der Waals surface area contributed by atoms with Gasteiger partial charge >= 0.3 is 0 Å². The summed E-state index contributed by atoms with van der Waals surface area (Å²) in [7, 11) is -3.35. The van der Waals surface area contributed by atoms with Crippen molar-refractivity contribution in [1.29, 1.82) is 0 Å². The summed E-state index contributed by atoms with van der Waals surface area (Å²) in [6.45, 7) is 2.27. The molecule has 0 unspecified atom stereocenters. The molecule has 2 aromatic heterocycles. The first-order chi connectivity index (χ1) is 17.3. The first-order valence-electron chi connectivity index (χ1n) is 11.8. The number of carbonyl (C=O) groups excluding carboxylic acids is 1. The number of fused-ring (bicyclic) bond motifs is 1. The lowest BCUT2D eigenvalue weighted by molar-refractivity contribution is 0.102. The number of amides is 1. The highest BCUT2D eigenvalue weighted by molar-refractivity contribution is 7.92. The lowest BCUT2D eigenvalue weighted by Gasteiger charge is -2.23. The largest absolute Gasteiger partial charge is 0.322 e. The molecule has 1 aliphatic heterocycles. The summed E-state index contributed by atoms with van der Waals surface area (Å²) in [6.07, 6.45) is 4.10. The number of carbonyl (C=O) groups is 1. The summed E-state index contributed by atoms with van der Waals surface area (Å²) in [5, 5.41) is 3.45. The number of hydrogen-bond donors (Lipinski definition) is 1. The molecule has 0 radical (unpaired) electrons. The van der Waals surface area contributed by atoms with E-state index in [1.54, 1.807) is 42.6 Å². The van der Waals surface area contributed by atoms with Crippen molar-refractivity contribution >= 4 is 49.9 Å². The van der Waals surface area contributed by atoms with Gasteiger partial charge in [-0.1, -0.05) is 18.0 Å². The van der Waals surface area contributed by atoms with Crippen molar-refractivity contribution in [3.8, 4) is 11.3 Å². The normalized spacial score (nSPS) is 15.4. The summed E-state index contributed by atoms with van der Waals surface area (Å²) in [5.41, 5.74) is 5.24. The number of aryl methyl sites for hydroxylation is 1. The SMILES string of the molecule is Cc1cc(N2CCCCCS2(=O)=O)ccc1C(=O)Nc1ccc(Cl)c(-c2ccc3ncccc3n2)c1. The fourth-order valence-corrected chi connectivity index (χ4v) is 6.26. The Hall–Kier alpha value is -3.49. The molecule has 1 N–H and O–H groups in total. The van der Waals surface area contributed by atoms with Crippen molar-refractivity contribution in [2.75, 3.05) is 21.9 Å². The number of sulfonamides is 1. The number of anilines is 2. The lowest BCUT2D eigenvalue weighted by Crippen LogP contribution is -2.32. The van der Waals surface area contributed by atoms with Crippen molar-refractivity contribution in [2.45, 2.75) is 26.2 Å². The van der Waals surface area contributed by atoms with Crippen molar-refractivity contribution in [2.24, 2.45) is 0 Å². The van der Waals surface area contributed by atoms with Crippen molar-refractivity contribution in [3.63, 3.8) is 0 Å². The third-order valence-corrected chi connectivity index (χ3v) is 8.50. The van der Waals surface area contributed by atoms with Crippen LogP contribution in [0.25, 0.3) is 22.3 Å². The van der Waals surface area contributed by atoms with E-state index in [2.05, 4.69) is 15.3 Å². The zero-order chi connectivity index (χ0) is 25.3. The van der Waals surface area contributed by atoms with Crippen LogP contribution in [-0.4, -0.2) is 36.6 Å². The first kappa shape index (κ1) is 24.2. The predicted octanol–water partition coefficient (Wildman–Crippen LogP) is 5.83. The molecule has 5 rings (SSSR count). The topological polar surface area (TPSA) is 92.3 Å². The Kier molecular flexibility index (Phi) is 6.64. The van der Waals surface area contributed by atoms with Crippen LogP contribution in [0.1, 0.15) is 35.2 Å². The number of benzene rings is 2. The van der Waals surface area contributed by atoms with Gasteiger partial charge in [-0.15, -0.1) is 0 Å². The maximum Gasteiger partial charge on any atom is 0.255 e. The molecular formula is C27H25ClN4O3S. The number of nitrogens with one attached hydrogen (secondary N) is 1. The van der Waals surface area contributed by atoms with Gasteiger partial charge in [0.1, 0.15) is 0 Å². The molecule has 184 valence electrons. The van der Waals surface area contributed by atoms with Crippen LogP contribution in [0, 0.1) is 6.92 Å². The second kappa shape index (κ2) is 9.87. The average Bonchev–Trinajstić information content (AvgIpc) is 3.04. The minimum absolute atomic E-state index is 0.149. The molecule has 4 aromatic rings. The highest BCUT2D eigenvalue weighted by atomic mass is 35.5. The van der Waals surface area contributed by atoms with Crippen LogP contribution in [0.15, 0.2) is 66.9 Å². The zero-order valence-electron chi connectivity index (χ0n) is 19.7. The van der Waals surface area contributed by atoms with Crippen LogP contribution < -0.4 is 9.62 Å². The number of nitrogens with zero attached hydrogens (tertiary/aromatic N) is 3. The molecule has 0 saturated carbocycles. The molecule has 0 bridgehead atoms. The molecule has 0 spiro atoms. The highest BCUT2D eigenvalue weighted by Crippen LogP contribution is 2.31. The van der Waals surface area contributed by atoms with Gasteiger partial charge in [-0.2, -0.15) is 0 Å². The van der Waals surface area contributed by atoms with Crippen molar-refractivity contribution < 1.29 is 13.2 Å². The Morgan fingerprint density at radius 1 is 1.00 bits per heavy atom. The van der Waals surface area contributed by atoms with Crippen LogP contribution in [0.4, 0.5) is 11.4 Å². The monoisotopic (exact) mass is 520 g/mol. The molecule has 36 heavy (non-hydrogen) atoms. The molecular weight excluding hydrogens is 496 g/mol.